The van der Waals surface area contributed by atoms with Crippen LogP contribution in [0.3, 0.4) is 0 Å². The molecule has 1 saturated heterocycles. The van der Waals surface area contributed by atoms with Gasteiger partial charge in [-0.25, -0.2) is 5.84 Å². The Morgan fingerprint density at radius 3 is 3.00 bits per heavy atom. The summed E-state index contributed by atoms with van der Waals surface area (Å²) in [5, 5.41) is 0. The van der Waals surface area contributed by atoms with E-state index in [1.54, 1.807) is 0 Å². The number of hydrogen-bond donors (Lipinski definition) is 2. The summed E-state index contributed by atoms with van der Waals surface area (Å²) in [6, 6.07) is 2.51. The molecule has 2 heterocycles. The Bertz CT molecular complexity index is 474. The Morgan fingerprint density at radius 2 is 2.30 bits per heavy atom. The fourth-order valence-electron chi connectivity index (χ4n) is 2.74. The fraction of sp³-hybridized carbons (Fsp3) is 0.643. The average Bonchev–Trinajstić information content (AvgIpc) is 2.69. The predicted molar refractivity (Wildman–Crippen MR) is 82.7 cm³/mol. The number of carbonyl (C=O) groups excluding carboxylic acids is 1. The number of aryl methyl sites for hydroxylation is 1. The summed E-state index contributed by atoms with van der Waals surface area (Å²) in [6.45, 7) is 8.62. The summed E-state index contributed by atoms with van der Waals surface area (Å²) in [5.74, 6) is 5.00. The summed E-state index contributed by atoms with van der Waals surface area (Å²) >= 11 is 1.51. The van der Waals surface area contributed by atoms with Crippen LogP contribution >= 0.6 is 11.3 Å². The van der Waals surface area contributed by atoms with Crippen LogP contribution in [-0.4, -0.2) is 48.4 Å². The lowest BCUT2D eigenvalue weighted by molar-refractivity contribution is 0.0957. The summed E-state index contributed by atoms with van der Waals surface area (Å²) in [5.41, 5.74) is 3.44. The van der Waals surface area contributed by atoms with Gasteiger partial charge in [0, 0.05) is 30.6 Å². The molecule has 0 spiro atoms. The number of hydrazine groups is 1. The standard InChI is InChI=1S/C14H24N4OS/c1-10-8-17(3)5-4-6-18(10)9-12-7-13(14(19)16-15)20-11(12)2/h7,10H,4-6,8-9,15H2,1-3H3,(H,16,19). The Morgan fingerprint density at radius 1 is 1.55 bits per heavy atom. The molecule has 1 fully saturated rings. The molecule has 1 aliphatic heterocycles. The Kier molecular flexibility index (Phi) is 5.15. The molecule has 1 aliphatic rings. The van der Waals surface area contributed by atoms with Gasteiger partial charge in [0.15, 0.2) is 0 Å². The number of likely N-dealkylation sites (N-methyl/N-ethyl adjacent to an activating group) is 1. The first-order valence-corrected chi connectivity index (χ1v) is 7.85. The highest BCUT2D eigenvalue weighted by atomic mass is 32.1. The third kappa shape index (κ3) is 3.58. The molecule has 112 valence electrons. The second kappa shape index (κ2) is 6.67. The zero-order valence-corrected chi connectivity index (χ0v) is 13.3. The molecule has 0 aliphatic carbocycles. The first-order chi connectivity index (χ1) is 9.51. The molecular formula is C14H24N4OS. The molecular weight excluding hydrogens is 272 g/mol. The van der Waals surface area contributed by atoms with Crippen LogP contribution in [0.1, 0.15) is 33.5 Å². The summed E-state index contributed by atoms with van der Waals surface area (Å²) in [4.78, 5) is 18.4. The van der Waals surface area contributed by atoms with Crippen LogP contribution in [0.5, 0.6) is 0 Å². The van der Waals surface area contributed by atoms with E-state index in [0.717, 1.165) is 26.2 Å². The van der Waals surface area contributed by atoms with E-state index in [1.807, 2.05) is 6.07 Å². The van der Waals surface area contributed by atoms with Crippen LogP contribution in [0.25, 0.3) is 0 Å². The second-order valence-corrected chi connectivity index (χ2v) is 6.86. The minimum atomic E-state index is -0.201. The van der Waals surface area contributed by atoms with Crippen LogP contribution in [-0.2, 0) is 6.54 Å². The van der Waals surface area contributed by atoms with E-state index in [2.05, 4.69) is 36.1 Å². The summed E-state index contributed by atoms with van der Waals surface area (Å²) in [6.07, 6.45) is 1.19. The quantitative estimate of drug-likeness (QED) is 0.500. The van der Waals surface area contributed by atoms with Crippen molar-refractivity contribution in [2.24, 2.45) is 5.84 Å². The molecule has 20 heavy (non-hydrogen) atoms. The minimum Gasteiger partial charge on any atom is -0.305 e. The highest BCUT2D eigenvalue weighted by molar-refractivity contribution is 7.14. The number of nitrogen functional groups attached to an aromatic ring is 1. The molecule has 0 aromatic carbocycles. The van der Waals surface area contributed by atoms with Crippen molar-refractivity contribution in [3.63, 3.8) is 0 Å². The van der Waals surface area contributed by atoms with Crippen LogP contribution in [0, 0.1) is 6.92 Å². The van der Waals surface area contributed by atoms with Crippen molar-refractivity contribution >= 4 is 17.2 Å². The van der Waals surface area contributed by atoms with Crippen LogP contribution in [0.2, 0.25) is 0 Å². The van der Waals surface area contributed by atoms with Gasteiger partial charge < -0.3 is 4.90 Å². The van der Waals surface area contributed by atoms with Crippen molar-refractivity contribution in [1.29, 1.82) is 0 Å². The van der Waals surface area contributed by atoms with Gasteiger partial charge in [-0.3, -0.25) is 15.1 Å². The van der Waals surface area contributed by atoms with E-state index >= 15 is 0 Å². The molecule has 1 unspecified atom stereocenters. The smallest absolute Gasteiger partial charge is 0.275 e. The third-order valence-corrected chi connectivity index (χ3v) is 5.02. The van der Waals surface area contributed by atoms with Gasteiger partial charge >= 0.3 is 0 Å². The average molecular weight is 296 g/mol. The van der Waals surface area contributed by atoms with Gasteiger partial charge in [-0.15, -0.1) is 11.3 Å². The topological polar surface area (TPSA) is 61.6 Å². The zero-order chi connectivity index (χ0) is 14.7. The molecule has 0 radical (unpaired) electrons. The molecule has 6 heteroatoms. The number of carbonyl (C=O) groups is 1. The maximum atomic E-state index is 11.6. The molecule has 1 atom stereocenters. The van der Waals surface area contributed by atoms with Gasteiger partial charge in [-0.2, -0.15) is 0 Å². The van der Waals surface area contributed by atoms with Crippen LogP contribution in [0.15, 0.2) is 6.07 Å². The monoisotopic (exact) mass is 296 g/mol. The van der Waals surface area contributed by atoms with Crippen molar-refractivity contribution in [3.8, 4) is 0 Å². The van der Waals surface area contributed by atoms with Crippen molar-refractivity contribution in [2.75, 3.05) is 26.7 Å². The number of hydrogen-bond acceptors (Lipinski definition) is 5. The van der Waals surface area contributed by atoms with Crippen molar-refractivity contribution in [3.05, 3.63) is 21.4 Å². The highest BCUT2D eigenvalue weighted by Gasteiger charge is 2.21. The van der Waals surface area contributed by atoms with E-state index in [-0.39, 0.29) is 5.91 Å². The molecule has 3 N–H and O–H groups in total. The lowest BCUT2D eigenvalue weighted by Gasteiger charge is -2.27. The number of rotatable bonds is 3. The number of amides is 1. The molecule has 5 nitrogen and oxygen atoms in total. The first-order valence-electron chi connectivity index (χ1n) is 7.04. The Hall–Kier alpha value is -0.950. The number of thiophene rings is 1. The predicted octanol–water partition coefficient (Wildman–Crippen LogP) is 1.19. The second-order valence-electron chi connectivity index (χ2n) is 5.60. The SMILES string of the molecule is Cc1sc(C(=O)NN)cc1CN1CCCN(C)CC1C. The van der Waals surface area contributed by atoms with E-state index in [9.17, 15) is 4.79 Å². The summed E-state index contributed by atoms with van der Waals surface area (Å²) < 4.78 is 0. The first kappa shape index (κ1) is 15.4. The van der Waals surface area contributed by atoms with Gasteiger partial charge in [-0.05, 0) is 45.5 Å². The van der Waals surface area contributed by atoms with Crippen LogP contribution in [0.4, 0.5) is 0 Å². The largest absolute Gasteiger partial charge is 0.305 e. The normalized spacial score (nSPS) is 21.7. The van der Waals surface area contributed by atoms with E-state index in [4.69, 9.17) is 5.84 Å². The number of nitrogens with zero attached hydrogens (tertiary/aromatic N) is 2. The minimum absolute atomic E-state index is 0.201. The van der Waals surface area contributed by atoms with Gasteiger partial charge in [0.25, 0.3) is 5.91 Å². The maximum Gasteiger partial charge on any atom is 0.275 e. The van der Waals surface area contributed by atoms with Gasteiger partial charge in [0.2, 0.25) is 0 Å². The molecule has 1 aromatic rings. The van der Waals surface area contributed by atoms with E-state index in [0.29, 0.717) is 10.9 Å². The lowest BCUT2D eigenvalue weighted by Crippen LogP contribution is -2.37. The molecule has 0 bridgehead atoms. The molecule has 0 saturated carbocycles. The highest BCUT2D eigenvalue weighted by Crippen LogP contribution is 2.24. The Labute approximate surface area is 124 Å². The third-order valence-electron chi connectivity index (χ3n) is 3.93. The number of nitrogens with one attached hydrogen (secondary N) is 1. The van der Waals surface area contributed by atoms with E-state index in [1.165, 1.54) is 28.2 Å². The summed E-state index contributed by atoms with van der Waals surface area (Å²) in [7, 11) is 2.18. The van der Waals surface area contributed by atoms with Crippen molar-refractivity contribution in [1.82, 2.24) is 15.2 Å². The van der Waals surface area contributed by atoms with Gasteiger partial charge in [-0.1, -0.05) is 0 Å². The number of nitrogens with two attached hydrogens (primary N) is 1. The van der Waals surface area contributed by atoms with Crippen LogP contribution < -0.4 is 11.3 Å². The van der Waals surface area contributed by atoms with Gasteiger partial charge in [0.1, 0.15) is 0 Å². The Balaban J connectivity index is 2.09. The molecule has 1 aromatic heterocycles. The van der Waals surface area contributed by atoms with Crippen molar-refractivity contribution in [2.45, 2.75) is 32.9 Å². The van der Waals surface area contributed by atoms with Crippen molar-refractivity contribution < 1.29 is 4.79 Å². The fourth-order valence-corrected chi connectivity index (χ4v) is 3.67. The zero-order valence-electron chi connectivity index (χ0n) is 12.5. The molecule has 2 rings (SSSR count). The van der Waals surface area contributed by atoms with E-state index < -0.39 is 0 Å². The molecule has 1 amide bonds. The lowest BCUT2D eigenvalue weighted by atomic mass is 10.2. The van der Waals surface area contributed by atoms with Gasteiger partial charge in [0.05, 0.1) is 4.88 Å². The maximum absolute atomic E-state index is 11.6.